The first-order valence-electron chi connectivity index (χ1n) is 33.4. The van der Waals surface area contributed by atoms with E-state index in [4.69, 9.17) is 9.05 Å². The Labute approximate surface area is 474 Å². The van der Waals surface area contributed by atoms with Gasteiger partial charge in [-0.1, -0.05) is 314 Å². The van der Waals surface area contributed by atoms with Gasteiger partial charge in [-0.3, -0.25) is 13.8 Å². The Morgan fingerprint density at radius 2 is 0.750 bits per heavy atom. The molecule has 9 heteroatoms. The summed E-state index contributed by atoms with van der Waals surface area (Å²) in [4.78, 5) is 23.4. The van der Waals surface area contributed by atoms with Crippen LogP contribution in [0.25, 0.3) is 0 Å². The normalized spacial score (nSPS) is 13.9. The number of carbonyl (C=O) groups excluding carboxylic acids is 1. The predicted molar refractivity (Wildman–Crippen MR) is 332 cm³/mol. The van der Waals surface area contributed by atoms with Gasteiger partial charge < -0.3 is 19.8 Å². The highest BCUT2D eigenvalue weighted by atomic mass is 31.2. The summed E-state index contributed by atoms with van der Waals surface area (Å²) in [5, 5.41) is 14.1. The number of hydrogen-bond donors (Lipinski definition) is 3. The van der Waals surface area contributed by atoms with Gasteiger partial charge in [-0.2, -0.15) is 0 Å². The minimum Gasteiger partial charge on any atom is -0.391 e. The van der Waals surface area contributed by atoms with Crippen molar-refractivity contribution < 1.29 is 32.9 Å². The van der Waals surface area contributed by atoms with Crippen molar-refractivity contribution in [3.63, 3.8) is 0 Å². The van der Waals surface area contributed by atoms with Gasteiger partial charge in [0, 0.05) is 6.42 Å². The largest absolute Gasteiger partial charge is 0.472 e. The van der Waals surface area contributed by atoms with E-state index in [1.54, 1.807) is 0 Å². The van der Waals surface area contributed by atoms with Crippen LogP contribution in [0.5, 0.6) is 0 Å². The van der Waals surface area contributed by atoms with Crippen molar-refractivity contribution in [2.45, 2.75) is 347 Å². The number of likely N-dealkylation sites (N-methyl/N-ethyl adjacent to an activating group) is 1. The molecule has 1 amide bonds. The van der Waals surface area contributed by atoms with Gasteiger partial charge in [0.2, 0.25) is 5.91 Å². The van der Waals surface area contributed by atoms with Gasteiger partial charge in [0.1, 0.15) is 13.2 Å². The van der Waals surface area contributed by atoms with E-state index in [1.165, 1.54) is 257 Å². The van der Waals surface area contributed by atoms with E-state index in [1.807, 2.05) is 21.1 Å². The number of aliphatic hydroxyl groups excluding tert-OH is 1. The molecule has 0 aliphatic rings. The van der Waals surface area contributed by atoms with Crippen molar-refractivity contribution in [2.75, 3.05) is 40.9 Å². The average molecular weight is 1090 g/mol. The number of unbranched alkanes of at least 4 members (excludes halogenated alkanes) is 43. The van der Waals surface area contributed by atoms with Crippen LogP contribution in [0.4, 0.5) is 0 Å². The van der Waals surface area contributed by atoms with Crippen LogP contribution in [0.3, 0.4) is 0 Å². The quantitative estimate of drug-likeness (QED) is 0.0243. The molecule has 0 rings (SSSR count). The zero-order chi connectivity index (χ0) is 55.6. The summed E-state index contributed by atoms with van der Waals surface area (Å²) < 4.78 is 23.9. The number of nitrogens with one attached hydrogen (secondary N) is 1. The van der Waals surface area contributed by atoms with E-state index in [2.05, 4.69) is 55.6 Å². The van der Waals surface area contributed by atoms with Gasteiger partial charge in [-0.15, -0.1) is 0 Å². The number of quaternary nitrogens is 1. The lowest BCUT2D eigenvalue weighted by Gasteiger charge is -2.26. The number of nitrogens with zero attached hydrogens (tertiary/aromatic N) is 1. The monoisotopic (exact) mass is 1090 g/mol. The maximum atomic E-state index is 13.1. The number of aliphatic hydroxyl groups is 1. The highest BCUT2D eigenvalue weighted by molar-refractivity contribution is 7.47. The highest BCUT2D eigenvalue weighted by Gasteiger charge is 2.28. The standard InChI is InChI=1S/C67H131N2O6P/c1-6-8-10-12-14-16-18-20-22-24-26-28-30-32-34-36-38-40-42-44-46-48-50-52-54-56-58-60-66(70)65(64-75-76(72,73)74-63-62-69(3,4)5)68-67(71)61-59-57-55-53-51-49-47-45-43-41-39-37-35-33-31-29-27-25-23-21-19-17-15-13-11-9-7-2/h19,21,25,27,31,33,65-66,70H,6-18,20,22-24,26,28-30,32,34-64H2,1-5H3,(H-,68,71,72,73)/p+1/b21-19-,27-25-,33-31-. The third-order valence-corrected chi connectivity index (χ3v) is 16.4. The van der Waals surface area contributed by atoms with Crippen molar-refractivity contribution >= 4 is 13.7 Å². The third-order valence-electron chi connectivity index (χ3n) is 15.4. The summed E-state index contributed by atoms with van der Waals surface area (Å²) >= 11 is 0. The Hall–Kier alpha value is -1.28. The third kappa shape index (κ3) is 60.4. The Balaban J connectivity index is 4.07. The van der Waals surface area contributed by atoms with Gasteiger partial charge in [0.15, 0.2) is 0 Å². The van der Waals surface area contributed by atoms with Crippen molar-refractivity contribution in [1.29, 1.82) is 0 Å². The first kappa shape index (κ1) is 74.7. The molecule has 0 saturated heterocycles. The first-order valence-corrected chi connectivity index (χ1v) is 34.8. The summed E-state index contributed by atoms with van der Waals surface area (Å²) in [6.07, 6.45) is 76.5. The molecule has 0 aromatic rings. The summed E-state index contributed by atoms with van der Waals surface area (Å²) in [5.41, 5.74) is 0. The molecule has 8 nitrogen and oxygen atoms in total. The van der Waals surface area contributed by atoms with Crippen LogP contribution in [0.15, 0.2) is 36.5 Å². The van der Waals surface area contributed by atoms with Crippen LogP contribution < -0.4 is 5.32 Å². The van der Waals surface area contributed by atoms with E-state index in [9.17, 15) is 19.4 Å². The second-order valence-electron chi connectivity index (χ2n) is 24.2. The smallest absolute Gasteiger partial charge is 0.391 e. The fourth-order valence-corrected chi connectivity index (χ4v) is 10.9. The number of carbonyl (C=O) groups is 1. The second-order valence-corrected chi connectivity index (χ2v) is 25.7. The molecule has 0 fully saturated rings. The van der Waals surface area contributed by atoms with E-state index in [-0.39, 0.29) is 19.1 Å². The van der Waals surface area contributed by atoms with Crippen molar-refractivity contribution in [3.8, 4) is 0 Å². The number of amides is 1. The molecule has 0 radical (unpaired) electrons. The number of rotatable bonds is 62. The number of phosphoric acid groups is 1. The molecule has 0 aromatic heterocycles. The van der Waals surface area contributed by atoms with E-state index in [0.29, 0.717) is 23.9 Å². The topological polar surface area (TPSA) is 105 Å². The lowest BCUT2D eigenvalue weighted by Crippen LogP contribution is -2.46. The zero-order valence-electron chi connectivity index (χ0n) is 51.5. The summed E-state index contributed by atoms with van der Waals surface area (Å²) in [7, 11) is 1.63. The first-order chi connectivity index (χ1) is 37.0. The maximum absolute atomic E-state index is 13.1. The molecular weight excluding hydrogens is 960 g/mol. The van der Waals surface area contributed by atoms with E-state index in [0.717, 1.165) is 51.4 Å². The van der Waals surface area contributed by atoms with Crippen LogP contribution in [-0.2, 0) is 18.4 Å². The molecule has 3 unspecified atom stereocenters. The van der Waals surface area contributed by atoms with Gasteiger partial charge in [-0.25, -0.2) is 4.57 Å². The molecule has 450 valence electrons. The van der Waals surface area contributed by atoms with Gasteiger partial charge >= 0.3 is 7.82 Å². The number of allylic oxidation sites excluding steroid dienone is 6. The molecular formula is C67H132N2O6P+. The predicted octanol–water partition coefficient (Wildman–Crippen LogP) is 20.9. The lowest BCUT2D eigenvalue weighted by atomic mass is 10.0. The second kappa shape index (κ2) is 58.4. The Morgan fingerprint density at radius 3 is 1.09 bits per heavy atom. The summed E-state index contributed by atoms with van der Waals surface area (Å²) in [6, 6.07) is -0.763. The van der Waals surface area contributed by atoms with Crippen LogP contribution >= 0.6 is 7.82 Å². The van der Waals surface area contributed by atoms with Crippen LogP contribution in [-0.4, -0.2) is 73.4 Å². The zero-order valence-corrected chi connectivity index (χ0v) is 52.4. The molecule has 3 N–H and O–H groups in total. The minimum absolute atomic E-state index is 0.0751. The Kier molecular flexibility index (Phi) is 57.4. The number of phosphoric ester groups is 1. The fourth-order valence-electron chi connectivity index (χ4n) is 10.2. The Morgan fingerprint density at radius 1 is 0.447 bits per heavy atom. The van der Waals surface area contributed by atoms with Crippen molar-refractivity contribution in [2.24, 2.45) is 0 Å². The molecule has 0 bridgehead atoms. The minimum atomic E-state index is -4.33. The van der Waals surface area contributed by atoms with Crippen LogP contribution in [0.2, 0.25) is 0 Å². The van der Waals surface area contributed by atoms with Gasteiger partial charge in [0.25, 0.3) is 0 Å². The van der Waals surface area contributed by atoms with Crippen LogP contribution in [0.1, 0.15) is 335 Å². The molecule has 3 atom stereocenters. The SMILES string of the molecule is CCCCCCC/C=C\C/C=C\C/C=C\CCCCCCCCCCCCCCC(=O)NC(COP(=O)(O)OCC[N+](C)(C)C)C(O)CCCCCCCCCCCCCCCCCCCCCCCCCCCCC. The van der Waals surface area contributed by atoms with Gasteiger partial charge in [0.05, 0.1) is 39.9 Å². The average Bonchev–Trinajstić information content (AvgIpc) is 3.38. The molecule has 0 saturated carbocycles. The summed E-state index contributed by atoms with van der Waals surface area (Å²) in [6.45, 7) is 4.92. The lowest BCUT2D eigenvalue weighted by molar-refractivity contribution is -0.870. The molecule has 0 heterocycles. The molecule has 0 aliphatic carbocycles. The Bertz CT molecular complexity index is 1330. The fraction of sp³-hybridized carbons (Fsp3) is 0.896. The maximum Gasteiger partial charge on any atom is 0.472 e. The van der Waals surface area contributed by atoms with Crippen LogP contribution in [0, 0.1) is 0 Å². The molecule has 0 aliphatic heterocycles. The molecule has 0 spiro atoms. The molecule has 76 heavy (non-hydrogen) atoms. The van der Waals surface area contributed by atoms with E-state index < -0.39 is 20.0 Å². The molecule has 0 aromatic carbocycles. The van der Waals surface area contributed by atoms with Crippen molar-refractivity contribution in [3.05, 3.63) is 36.5 Å². The summed E-state index contributed by atoms with van der Waals surface area (Å²) in [5.74, 6) is -0.141. The van der Waals surface area contributed by atoms with Gasteiger partial charge in [-0.05, 0) is 51.4 Å². The number of hydrogen-bond acceptors (Lipinski definition) is 5. The van der Waals surface area contributed by atoms with Crippen molar-refractivity contribution in [1.82, 2.24) is 5.32 Å². The van der Waals surface area contributed by atoms with E-state index >= 15 is 0 Å². The highest BCUT2D eigenvalue weighted by Crippen LogP contribution is 2.43.